The molecule has 3 aromatic rings. The van der Waals surface area contributed by atoms with Crippen molar-refractivity contribution in [2.45, 2.75) is 59.2 Å². The second kappa shape index (κ2) is 12.1. The fraction of sp³-hybridized carbons (Fsp3) is 0.515. The first-order chi connectivity index (χ1) is 19.7. The zero-order valence-electron chi connectivity index (χ0n) is 25.1. The van der Waals surface area contributed by atoms with Gasteiger partial charge in [0.1, 0.15) is 22.7 Å². The van der Waals surface area contributed by atoms with Gasteiger partial charge >= 0.3 is 0 Å². The van der Waals surface area contributed by atoms with E-state index in [1.807, 2.05) is 66.9 Å². The normalized spacial score (nSPS) is 23.0. The monoisotopic (exact) mass is 560 g/mol. The molecule has 2 aliphatic heterocycles. The summed E-state index contributed by atoms with van der Waals surface area (Å²) in [7, 11) is 1.63. The summed E-state index contributed by atoms with van der Waals surface area (Å²) in [5.41, 5.74) is 1.23. The minimum absolute atomic E-state index is 0.143. The molecule has 3 heterocycles. The molecule has 220 valence electrons. The summed E-state index contributed by atoms with van der Waals surface area (Å²) >= 11 is 0. The van der Waals surface area contributed by atoms with Crippen molar-refractivity contribution in [2.24, 2.45) is 11.8 Å². The summed E-state index contributed by atoms with van der Waals surface area (Å²) in [5, 5.41) is 4.14. The van der Waals surface area contributed by atoms with Gasteiger partial charge in [0.15, 0.2) is 0 Å². The van der Waals surface area contributed by atoms with Crippen LogP contribution < -0.4 is 14.8 Å². The first-order valence-electron chi connectivity index (χ1n) is 14.9. The molecule has 1 aromatic heterocycles. The maximum absolute atomic E-state index is 14.2. The Bertz CT molecular complexity index is 1390. The molecule has 5 rings (SSSR count). The van der Waals surface area contributed by atoms with E-state index in [1.165, 1.54) is 6.42 Å². The van der Waals surface area contributed by atoms with Crippen LogP contribution in [0.4, 0.5) is 0 Å². The maximum atomic E-state index is 14.2. The fourth-order valence-electron chi connectivity index (χ4n) is 6.68. The van der Waals surface area contributed by atoms with Crippen LogP contribution in [-0.4, -0.2) is 71.6 Å². The predicted molar refractivity (Wildman–Crippen MR) is 161 cm³/mol. The van der Waals surface area contributed by atoms with Gasteiger partial charge in [-0.2, -0.15) is 0 Å². The lowest BCUT2D eigenvalue weighted by Crippen LogP contribution is -2.63. The molecule has 0 saturated carbocycles. The van der Waals surface area contributed by atoms with Crippen molar-refractivity contribution in [3.05, 3.63) is 59.8 Å². The Hall–Kier alpha value is -3.52. The van der Waals surface area contributed by atoms with E-state index < -0.39 is 5.54 Å². The number of carbonyl (C=O) groups excluding carboxylic acids is 2. The Kier molecular flexibility index (Phi) is 8.59. The number of hydrogen-bond donors (Lipinski definition) is 1. The number of fused-ring (bicyclic) bond motifs is 3. The molecule has 0 bridgehead atoms. The van der Waals surface area contributed by atoms with Crippen molar-refractivity contribution in [2.75, 3.05) is 39.9 Å². The zero-order valence-corrected chi connectivity index (χ0v) is 25.1. The van der Waals surface area contributed by atoms with Gasteiger partial charge in [-0.3, -0.25) is 9.59 Å². The van der Waals surface area contributed by atoms with E-state index in [0.29, 0.717) is 43.0 Å². The van der Waals surface area contributed by atoms with Gasteiger partial charge < -0.3 is 29.2 Å². The number of piperidine rings is 1. The Morgan fingerprint density at radius 3 is 2.59 bits per heavy atom. The van der Waals surface area contributed by atoms with Crippen molar-refractivity contribution in [1.82, 2.24) is 19.7 Å². The van der Waals surface area contributed by atoms with Gasteiger partial charge in [0.25, 0.3) is 5.91 Å². The predicted octanol–water partition coefficient (Wildman–Crippen LogP) is 4.95. The van der Waals surface area contributed by atoms with Crippen molar-refractivity contribution < 1.29 is 19.1 Å². The first kappa shape index (κ1) is 29.0. The number of amides is 2. The highest BCUT2D eigenvalue weighted by molar-refractivity contribution is 6.03. The highest BCUT2D eigenvalue weighted by atomic mass is 16.5. The second-order valence-electron chi connectivity index (χ2n) is 12.1. The fourth-order valence-corrected chi connectivity index (χ4v) is 6.68. The summed E-state index contributed by atoms with van der Waals surface area (Å²) in [6, 6.07) is 15.4. The Morgan fingerprint density at radius 1 is 1.10 bits per heavy atom. The molecule has 0 aliphatic carbocycles. The van der Waals surface area contributed by atoms with Crippen LogP contribution >= 0.6 is 0 Å². The number of hydrogen-bond acceptors (Lipinski definition) is 5. The molecular weight excluding hydrogens is 516 g/mol. The zero-order chi connectivity index (χ0) is 29.1. The highest BCUT2D eigenvalue weighted by Crippen LogP contribution is 2.36. The number of methoxy groups -OCH3 is 1. The van der Waals surface area contributed by atoms with E-state index in [2.05, 4.69) is 24.1 Å². The molecule has 2 amide bonds. The van der Waals surface area contributed by atoms with Crippen molar-refractivity contribution in [3.63, 3.8) is 0 Å². The van der Waals surface area contributed by atoms with Crippen LogP contribution in [0, 0.1) is 11.8 Å². The van der Waals surface area contributed by atoms with Crippen LogP contribution in [-0.2, 0) is 17.9 Å². The summed E-state index contributed by atoms with van der Waals surface area (Å²) in [4.78, 5) is 32.4. The smallest absolute Gasteiger partial charge is 0.271 e. The number of nitrogens with one attached hydrogen (secondary N) is 1. The summed E-state index contributed by atoms with van der Waals surface area (Å²) in [6.45, 7) is 13.4. The third-order valence-corrected chi connectivity index (χ3v) is 8.61. The van der Waals surface area contributed by atoms with Gasteiger partial charge in [-0.1, -0.05) is 32.0 Å². The van der Waals surface area contributed by atoms with Gasteiger partial charge in [-0.25, -0.2) is 0 Å². The molecule has 8 heteroatoms. The van der Waals surface area contributed by atoms with Crippen LogP contribution in [0.1, 0.15) is 56.6 Å². The number of nitrogens with zero attached hydrogens (tertiary/aromatic N) is 3. The Balaban J connectivity index is 1.41. The van der Waals surface area contributed by atoms with Gasteiger partial charge in [0.05, 0.1) is 32.3 Å². The number of aromatic nitrogens is 1. The number of carbonyl (C=O) groups is 2. The van der Waals surface area contributed by atoms with E-state index in [-0.39, 0.29) is 18.4 Å². The molecule has 1 N–H and O–H groups in total. The molecule has 2 aliphatic rings. The average molecular weight is 561 g/mol. The molecule has 41 heavy (non-hydrogen) atoms. The van der Waals surface area contributed by atoms with Crippen LogP contribution in [0.2, 0.25) is 0 Å². The van der Waals surface area contributed by atoms with Crippen LogP contribution in [0.5, 0.6) is 11.5 Å². The Morgan fingerprint density at radius 2 is 1.85 bits per heavy atom. The number of likely N-dealkylation sites (tertiary alicyclic amines) is 1. The van der Waals surface area contributed by atoms with E-state index in [0.717, 1.165) is 48.3 Å². The van der Waals surface area contributed by atoms with Gasteiger partial charge in [0, 0.05) is 36.7 Å². The second-order valence-corrected chi connectivity index (χ2v) is 12.1. The first-order valence-corrected chi connectivity index (χ1v) is 14.9. The van der Waals surface area contributed by atoms with E-state index in [4.69, 9.17) is 9.47 Å². The van der Waals surface area contributed by atoms with Crippen LogP contribution in [0.3, 0.4) is 0 Å². The number of benzene rings is 2. The summed E-state index contributed by atoms with van der Waals surface area (Å²) in [5.74, 6) is 2.54. The van der Waals surface area contributed by atoms with Crippen LogP contribution in [0.25, 0.3) is 10.9 Å². The van der Waals surface area contributed by atoms with Gasteiger partial charge in [-0.15, -0.1) is 0 Å². The quantitative estimate of drug-likeness (QED) is 0.355. The van der Waals surface area contributed by atoms with Gasteiger partial charge in [-0.05, 0) is 69.3 Å². The SMILES string of the molecule is CCOc1ccccc1CN1C(=O)c2cc3ccc(OC)cc3n2C[C@]1(C)C(=O)NCCCN1C[C@H](C)C[C@H](C)C1. The lowest BCUT2D eigenvalue weighted by Gasteiger charge is -2.44. The standard InChI is InChI=1S/C33H44N4O4/c1-6-41-30-11-8-7-10-26(30)21-37-31(38)29-17-25-12-13-27(40-5)18-28(25)36(29)22-33(37,4)32(39)34-14-9-15-35-19-23(2)16-24(3)20-35/h7-8,10-13,17-18,23-24H,6,9,14-16,19-22H2,1-5H3,(H,34,39)/t23-,24+,33-/m1/s1. The average Bonchev–Trinajstić information content (AvgIpc) is 3.31. The molecule has 3 atom stereocenters. The lowest BCUT2D eigenvalue weighted by molar-refractivity contribution is -0.133. The van der Waals surface area contributed by atoms with Gasteiger partial charge in [0.2, 0.25) is 5.91 Å². The number of para-hydroxylation sites is 1. The van der Waals surface area contributed by atoms with E-state index in [9.17, 15) is 9.59 Å². The van der Waals surface area contributed by atoms with Crippen LogP contribution in [0.15, 0.2) is 48.5 Å². The Labute approximate surface area is 243 Å². The summed E-state index contributed by atoms with van der Waals surface area (Å²) < 4.78 is 13.3. The summed E-state index contributed by atoms with van der Waals surface area (Å²) in [6.07, 6.45) is 2.15. The third-order valence-electron chi connectivity index (χ3n) is 8.61. The molecule has 0 unspecified atom stereocenters. The maximum Gasteiger partial charge on any atom is 0.271 e. The molecule has 1 fully saturated rings. The highest BCUT2D eigenvalue weighted by Gasteiger charge is 2.47. The minimum Gasteiger partial charge on any atom is -0.497 e. The lowest BCUT2D eigenvalue weighted by atomic mass is 9.92. The molecule has 2 aromatic carbocycles. The van der Waals surface area contributed by atoms with E-state index in [1.54, 1.807) is 12.0 Å². The largest absolute Gasteiger partial charge is 0.497 e. The number of rotatable bonds is 10. The molecule has 8 nitrogen and oxygen atoms in total. The molecule has 0 spiro atoms. The molecule has 1 saturated heterocycles. The molecular formula is C33H44N4O4. The van der Waals surface area contributed by atoms with Crippen molar-refractivity contribution in [3.8, 4) is 11.5 Å². The third kappa shape index (κ3) is 5.94. The minimum atomic E-state index is -1.10. The molecule has 0 radical (unpaired) electrons. The van der Waals surface area contributed by atoms with Crippen molar-refractivity contribution >= 4 is 22.7 Å². The van der Waals surface area contributed by atoms with Crippen molar-refractivity contribution in [1.29, 1.82) is 0 Å². The number of ether oxygens (including phenoxy) is 2. The topological polar surface area (TPSA) is 76.0 Å². The van der Waals surface area contributed by atoms with E-state index >= 15 is 0 Å².